The van der Waals surface area contributed by atoms with Gasteiger partial charge in [0.05, 0.1) is 5.57 Å². The minimum atomic E-state index is -0.328. The summed E-state index contributed by atoms with van der Waals surface area (Å²) in [7, 11) is 0. The first kappa shape index (κ1) is 17.8. The van der Waals surface area contributed by atoms with Gasteiger partial charge < -0.3 is 10.1 Å². The summed E-state index contributed by atoms with van der Waals surface area (Å²) < 4.78 is 7.66. The van der Waals surface area contributed by atoms with Gasteiger partial charge in [-0.15, -0.1) is 0 Å². The number of carbonyl (C=O) groups excluding carboxylic acids is 1. The number of anilines is 1. The second kappa shape index (κ2) is 7.55. The summed E-state index contributed by atoms with van der Waals surface area (Å²) in [6.45, 7) is 4.04. The number of carbonyl (C=O) groups is 1. The van der Waals surface area contributed by atoms with E-state index in [1.165, 1.54) is 18.3 Å². The molecular formula is C21H26N4O2. The lowest BCUT2D eigenvalue weighted by molar-refractivity contribution is -0.146. The standard InChI is InChI=1S/C21H26N4O2/c1-3-15-9-11-16(12-10-15)19-18(14(2)24-21-22-13-23-25(19)21)20(26)27-17-7-5-4-6-8-17/h9-13,17,19H,3-8H2,1-2H3,(H,22,23,24). The van der Waals surface area contributed by atoms with Gasteiger partial charge in [-0.3, -0.25) is 0 Å². The summed E-state index contributed by atoms with van der Waals surface area (Å²) >= 11 is 0. The summed E-state index contributed by atoms with van der Waals surface area (Å²) in [5.41, 5.74) is 3.66. The molecule has 1 saturated carbocycles. The van der Waals surface area contributed by atoms with Crippen LogP contribution in [0.1, 0.15) is 63.1 Å². The molecule has 0 saturated heterocycles. The Kier molecular flexibility index (Phi) is 4.97. The van der Waals surface area contributed by atoms with Crippen LogP contribution in [-0.2, 0) is 16.0 Å². The normalized spacial score (nSPS) is 20.1. The number of rotatable bonds is 4. The quantitative estimate of drug-likeness (QED) is 0.828. The lowest BCUT2D eigenvalue weighted by atomic mass is 9.94. The third-order valence-electron chi connectivity index (χ3n) is 5.54. The van der Waals surface area contributed by atoms with Crippen LogP contribution in [0.2, 0.25) is 0 Å². The molecular weight excluding hydrogens is 340 g/mol. The summed E-state index contributed by atoms with van der Waals surface area (Å²) in [6, 6.07) is 8.02. The van der Waals surface area contributed by atoms with Crippen LogP contribution in [0.5, 0.6) is 0 Å². The third kappa shape index (κ3) is 3.48. The van der Waals surface area contributed by atoms with E-state index in [2.05, 4.69) is 46.6 Å². The van der Waals surface area contributed by atoms with E-state index in [1.807, 2.05) is 6.92 Å². The smallest absolute Gasteiger partial charge is 0.338 e. The molecule has 1 aromatic heterocycles. The summed E-state index contributed by atoms with van der Waals surface area (Å²) in [4.78, 5) is 17.4. The molecule has 1 N–H and O–H groups in total. The van der Waals surface area contributed by atoms with Gasteiger partial charge in [0, 0.05) is 5.70 Å². The Hall–Kier alpha value is -2.63. The van der Waals surface area contributed by atoms with Crippen molar-refractivity contribution in [2.24, 2.45) is 0 Å². The van der Waals surface area contributed by atoms with Gasteiger partial charge in [-0.05, 0) is 50.2 Å². The highest BCUT2D eigenvalue weighted by atomic mass is 16.5. The van der Waals surface area contributed by atoms with Gasteiger partial charge in [0.1, 0.15) is 18.5 Å². The zero-order chi connectivity index (χ0) is 18.8. The molecule has 1 aliphatic heterocycles. The van der Waals surface area contributed by atoms with Gasteiger partial charge in [0.25, 0.3) is 0 Å². The van der Waals surface area contributed by atoms with E-state index in [0.29, 0.717) is 11.5 Å². The van der Waals surface area contributed by atoms with E-state index in [4.69, 9.17) is 4.74 Å². The molecule has 2 heterocycles. The average Bonchev–Trinajstić information content (AvgIpc) is 3.15. The molecule has 142 valence electrons. The van der Waals surface area contributed by atoms with Crippen molar-refractivity contribution in [2.75, 3.05) is 5.32 Å². The van der Waals surface area contributed by atoms with Crippen molar-refractivity contribution in [1.82, 2.24) is 14.8 Å². The fourth-order valence-electron chi connectivity index (χ4n) is 4.00. The van der Waals surface area contributed by atoms with Crippen LogP contribution in [0, 0.1) is 0 Å². The molecule has 1 aromatic carbocycles. The summed E-state index contributed by atoms with van der Waals surface area (Å²) in [5.74, 6) is 0.393. The first-order valence-electron chi connectivity index (χ1n) is 9.84. The van der Waals surface area contributed by atoms with Crippen LogP contribution in [0.4, 0.5) is 5.95 Å². The SMILES string of the molecule is CCc1ccc(C2C(C(=O)OC3CCCCC3)=C(C)Nc3ncnn32)cc1. The molecule has 1 atom stereocenters. The summed E-state index contributed by atoms with van der Waals surface area (Å²) in [6.07, 6.45) is 7.90. The van der Waals surface area contributed by atoms with Gasteiger partial charge >= 0.3 is 5.97 Å². The van der Waals surface area contributed by atoms with Crippen molar-refractivity contribution in [3.8, 4) is 0 Å². The Balaban J connectivity index is 1.68. The van der Waals surface area contributed by atoms with Crippen LogP contribution in [0.25, 0.3) is 0 Å². The zero-order valence-electron chi connectivity index (χ0n) is 15.9. The van der Waals surface area contributed by atoms with Crippen molar-refractivity contribution in [3.05, 3.63) is 53.0 Å². The molecule has 0 radical (unpaired) electrons. The van der Waals surface area contributed by atoms with E-state index in [9.17, 15) is 4.79 Å². The number of ether oxygens (including phenoxy) is 1. The lowest BCUT2D eigenvalue weighted by Crippen LogP contribution is -2.32. The Labute approximate surface area is 159 Å². The Morgan fingerprint density at radius 1 is 1.22 bits per heavy atom. The van der Waals surface area contributed by atoms with Crippen LogP contribution < -0.4 is 5.32 Å². The van der Waals surface area contributed by atoms with E-state index < -0.39 is 0 Å². The maximum atomic E-state index is 13.1. The average molecular weight is 366 g/mol. The molecule has 6 nitrogen and oxygen atoms in total. The highest BCUT2D eigenvalue weighted by Gasteiger charge is 2.35. The van der Waals surface area contributed by atoms with Gasteiger partial charge in [-0.1, -0.05) is 37.6 Å². The van der Waals surface area contributed by atoms with Gasteiger partial charge in [-0.25, -0.2) is 9.48 Å². The molecule has 1 unspecified atom stereocenters. The highest BCUT2D eigenvalue weighted by Crippen LogP contribution is 2.36. The van der Waals surface area contributed by atoms with Crippen molar-refractivity contribution < 1.29 is 9.53 Å². The molecule has 1 aliphatic carbocycles. The Morgan fingerprint density at radius 2 is 1.96 bits per heavy atom. The van der Waals surface area contributed by atoms with Crippen LogP contribution >= 0.6 is 0 Å². The molecule has 0 amide bonds. The number of nitrogens with zero attached hydrogens (tertiary/aromatic N) is 3. The molecule has 0 bridgehead atoms. The molecule has 4 rings (SSSR count). The van der Waals surface area contributed by atoms with Crippen molar-refractivity contribution in [2.45, 2.75) is 64.5 Å². The number of nitrogens with one attached hydrogen (secondary N) is 1. The fourth-order valence-corrected chi connectivity index (χ4v) is 4.00. The molecule has 27 heavy (non-hydrogen) atoms. The first-order chi connectivity index (χ1) is 13.2. The predicted octanol–water partition coefficient (Wildman–Crippen LogP) is 4.01. The van der Waals surface area contributed by atoms with Gasteiger partial charge in [-0.2, -0.15) is 10.1 Å². The van der Waals surface area contributed by atoms with Crippen LogP contribution in [0.15, 0.2) is 41.9 Å². The van der Waals surface area contributed by atoms with E-state index in [1.54, 1.807) is 4.68 Å². The number of allylic oxidation sites excluding steroid dienone is 1. The number of hydrogen-bond donors (Lipinski definition) is 1. The molecule has 2 aromatic rings. The molecule has 0 spiro atoms. The Morgan fingerprint density at radius 3 is 2.67 bits per heavy atom. The molecule has 2 aliphatic rings. The number of hydrogen-bond acceptors (Lipinski definition) is 5. The third-order valence-corrected chi connectivity index (χ3v) is 5.54. The number of fused-ring (bicyclic) bond motifs is 1. The zero-order valence-corrected chi connectivity index (χ0v) is 15.9. The lowest BCUT2D eigenvalue weighted by Gasteiger charge is -2.30. The monoisotopic (exact) mass is 366 g/mol. The van der Waals surface area contributed by atoms with Crippen LogP contribution in [-0.4, -0.2) is 26.8 Å². The molecule has 6 heteroatoms. The number of benzene rings is 1. The van der Waals surface area contributed by atoms with Crippen LogP contribution in [0.3, 0.4) is 0 Å². The van der Waals surface area contributed by atoms with Gasteiger partial charge in [0.2, 0.25) is 5.95 Å². The topological polar surface area (TPSA) is 69.0 Å². The first-order valence-corrected chi connectivity index (χ1v) is 9.84. The van der Waals surface area contributed by atoms with E-state index in [0.717, 1.165) is 43.4 Å². The Bertz CT molecular complexity index is 847. The second-order valence-electron chi connectivity index (χ2n) is 7.35. The van der Waals surface area contributed by atoms with E-state index >= 15 is 0 Å². The highest BCUT2D eigenvalue weighted by molar-refractivity contribution is 5.92. The second-order valence-corrected chi connectivity index (χ2v) is 7.35. The largest absolute Gasteiger partial charge is 0.459 e. The fraction of sp³-hybridized carbons (Fsp3) is 0.476. The van der Waals surface area contributed by atoms with Crippen molar-refractivity contribution in [3.63, 3.8) is 0 Å². The summed E-state index contributed by atoms with van der Waals surface area (Å²) in [5, 5.41) is 7.57. The minimum absolute atomic E-state index is 0.0202. The maximum Gasteiger partial charge on any atom is 0.338 e. The number of esters is 1. The number of aromatic nitrogens is 3. The predicted molar refractivity (Wildman–Crippen MR) is 103 cm³/mol. The van der Waals surface area contributed by atoms with Gasteiger partial charge in [0.15, 0.2) is 0 Å². The maximum absolute atomic E-state index is 13.1. The van der Waals surface area contributed by atoms with Crippen molar-refractivity contribution in [1.29, 1.82) is 0 Å². The van der Waals surface area contributed by atoms with Crippen molar-refractivity contribution >= 4 is 11.9 Å². The molecule has 1 fully saturated rings. The minimum Gasteiger partial charge on any atom is -0.459 e. The number of aryl methyl sites for hydroxylation is 1. The van der Waals surface area contributed by atoms with E-state index in [-0.39, 0.29) is 18.1 Å².